The van der Waals surface area contributed by atoms with Crippen LogP contribution in [0, 0.1) is 5.41 Å². The minimum atomic E-state index is 0.0335. The summed E-state index contributed by atoms with van der Waals surface area (Å²) in [6.07, 6.45) is 0. The molecule has 0 atom stereocenters. The Balaban J connectivity index is 2.21. The lowest BCUT2D eigenvalue weighted by Crippen LogP contribution is -2.50. The Kier molecular flexibility index (Phi) is 5.86. The first-order valence-electron chi connectivity index (χ1n) is 6.63. The van der Waals surface area contributed by atoms with Crippen LogP contribution in [0.15, 0.2) is 0 Å². The van der Waals surface area contributed by atoms with Crippen LogP contribution in [0.3, 0.4) is 0 Å². The van der Waals surface area contributed by atoms with Gasteiger partial charge in [-0.2, -0.15) is 0 Å². The van der Waals surface area contributed by atoms with E-state index in [1.165, 1.54) is 6.54 Å². The van der Waals surface area contributed by atoms with E-state index in [9.17, 15) is 5.11 Å². The molecule has 0 aromatic rings. The normalized spacial score (nSPS) is 20.1. The molecule has 1 fully saturated rings. The molecule has 0 radical (unpaired) electrons. The van der Waals surface area contributed by atoms with Crippen molar-refractivity contribution in [3.05, 3.63) is 0 Å². The predicted molar refractivity (Wildman–Crippen MR) is 72.3 cm³/mol. The average molecular weight is 243 g/mol. The monoisotopic (exact) mass is 243 g/mol. The van der Waals surface area contributed by atoms with Gasteiger partial charge in [-0.3, -0.25) is 4.90 Å². The van der Waals surface area contributed by atoms with Crippen LogP contribution in [0.1, 0.15) is 13.8 Å². The summed E-state index contributed by atoms with van der Waals surface area (Å²) in [5, 5.41) is 9.28. The lowest BCUT2D eigenvalue weighted by Gasteiger charge is -2.38. The molecule has 0 unspecified atom stereocenters. The fourth-order valence-electron chi connectivity index (χ4n) is 2.17. The van der Waals surface area contributed by atoms with Crippen LogP contribution < -0.4 is 0 Å². The molecular weight excluding hydrogens is 214 g/mol. The van der Waals surface area contributed by atoms with Crippen molar-refractivity contribution in [3.8, 4) is 0 Å². The van der Waals surface area contributed by atoms with Crippen molar-refractivity contribution in [2.45, 2.75) is 13.8 Å². The van der Waals surface area contributed by atoms with Crippen LogP contribution in [-0.2, 0) is 0 Å². The molecule has 102 valence electrons. The number of hydrogen-bond donors (Lipinski definition) is 1. The molecule has 1 rings (SSSR count). The van der Waals surface area contributed by atoms with E-state index in [1.54, 1.807) is 0 Å². The minimum absolute atomic E-state index is 0.0335. The largest absolute Gasteiger partial charge is 0.396 e. The molecule has 1 heterocycles. The van der Waals surface area contributed by atoms with Crippen LogP contribution >= 0.6 is 0 Å². The fraction of sp³-hybridized carbons (Fsp3) is 1.00. The second kappa shape index (κ2) is 6.69. The second-order valence-corrected chi connectivity index (χ2v) is 6.24. The lowest BCUT2D eigenvalue weighted by atomic mass is 9.94. The summed E-state index contributed by atoms with van der Waals surface area (Å²) in [6, 6.07) is 0. The van der Waals surface area contributed by atoms with Gasteiger partial charge in [-0.15, -0.1) is 0 Å². The summed E-state index contributed by atoms with van der Waals surface area (Å²) in [5.74, 6) is 0. The SMILES string of the molecule is CN(C)CCN1CCN(CC(C)(C)CO)CC1. The van der Waals surface area contributed by atoms with Crippen LogP contribution in [-0.4, -0.2) is 86.3 Å². The molecule has 0 aromatic carbocycles. The Morgan fingerprint density at radius 3 is 2.06 bits per heavy atom. The highest BCUT2D eigenvalue weighted by atomic mass is 16.3. The van der Waals surface area contributed by atoms with E-state index < -0.39 is 0 Å². The van der Waals surface area contributed by atoms with Crippen LogP contribution in [0.2, 0.25) is 0 Å². The molecular formula is C13H29N3O. The summed E-state index contributed by atoms with van der Waals surface area (Å²) in [5.41, 5.74) is 0.0335. The third kappa shape index (κ3) is 5.82. The summed E-state index contributed by atoms with van der Waals surface area (Å²) in [7, 11) is 4.25. The molecule has 0 spiro atoms. The third-order valence-electron chi connectivity index (χ3n) is 3.41. The summed E-state index contributed by atoms with van der Waals surface area (Å²) >= 11 is 0. The van der Waals surface area contributed by atoms with E-state index in [1.807, 2.05) is 0 Å². The van der Waals surface area contributed by atoms with Gasteiger partial charge >= 0.3 is 0 Å². The first-order valence-corrected chi connectivity index (χ1v) is 6.63. The van der Waals surface area contributed by atoms with Gasteiger partial charge in [-0.25, -0.2) is 0 Å². The molecule has 4 nitrogen and oxygen atoms in total. The zero-order chi connectivity index (χ0) is 12.9. The van der Waals surface area contributed by atoms with Crippen molar-refractivity contribution < 1.29 is 5.11 Å². The highest BCUT2D eigenvalue weighted by Gasteiger charge is 2.23. The number of piperazine rings is 1. The van der Waals surface area contributed by atoms with Crippen molar-refractivity contribution in [3.63, 3.8) is 0 Å². The number of nitrogens with zero attached hydrogens (tertiary/aromatic N) is 3. The Morgan fingerprint density at radius 1 is 1.06 bits per heavy atom. The van der Waals surface area contributed by atoms with E-state index in [0.29, 0.717) is 0 Å². The first-order chi connectivity index (χ1) is 7.93. The minimum Gasteiger partial charge on any atom is -0.396 e. The van der Waals surface area contributed by atoms with Crippen molar-refractivity contribution in [1.82, 2.24) is 14.7 Å². The van der Waals surface area contributed by atoms with Gasteiger partial charge in [0.2, 0.25) is 0 Å². The Morgan fingerprint density at radius 2 is 1.59 bits per heavy atom. The van der Waals surface area contributed by atoms with Gasteiger partial charge in [0.05, 0.1) is 0 Å². The smallest absolute Gasteiger partial charge is 0.0494 e. The topological polar surface area (TPSA) is 30.0 Å². The zero-order valence-corrected chi connectivity index (χ0v) is 11.9. The average Bonchev–Trinajstić information content (AvgIpc) is 2.28. The molecule has 0 bridgehead atoms. The molecule has 1 N–H and O–H groups in total. The highest BCUT2D eigenvalue weighted by Crippen LogP contribution is 2.16. The van der Waals surface area contributed by atoms with E-state index in [0.717, 1.165) is 39.3 Å². The number of aliphatic hydroxyl groups excluding tert-OH is 1. The van der Waals surface area contributed by atoms with E-state index >= 15 is 0 Å². The Bertz CT molecular complexity index is 211. The molecule has 4 heteroatoms. The Labute approximate surface area is 106 Å². The predicted octanol–water partition coefficient (Wildman–Crippen LogP) is 0.184. The molecule has 0 aromatic heterocycles. The maximum absolute atomic E-state index is 9.28. The quantitative estimate of drug-likeness (QED) is 0.721. The highest BCUT2D eigenvalue weighted by molar-refractivity contribution is 4.78. The molecule has 1 aliphatic rings. The van der Waals surface area contributed by atoms with E-state index in [2.05, 4.69) is 42.6 Å². The molecule has 1 aliphatic heterocycles. The molecule has 0 aliphatic carbocycles. The van der Waals surface area contributed by atoms with Gasteiger partial charge in [-0.05, 0) is 14.1 Å². The van der Waals surface area contributed by atoms with Gasteiger partial charge in [0.25, 0.3) is 0 Å². The van der Waals surface area contributed by atoms with Crippen molar-refractivity contribution in [2.24, 2.45) is 5.41 Å². The Hall–Kier alpha value is -0.160. The first kappa shape index (κ1) is 14.9. The number of aliphatic hydroxyl groups is 1. The standard InChI is InChI=1S/C13H29N3O/c1-13(2,12-17)11-16-9-7-15(8-10-16)6-5-14(3)4/h17H,5-12H2,1-4H3. The molecule has 0 amide bonds. The number of rotatable bonds is 6. The van der Waals surface area contributed by atoms with Gasteiger partial charge in [0, 0.05) is 57.8 Å². The zero-order valence-electron chi connectivity index (χ0n) is 11.9. The van der Waals surface area contributed by atoms with Crippen molar-refractivity contribution in [1.29, 1.82) is 0 Å². The maximum Gasteiger partial charge on any atom is 0.0494 e. The maximum atomic E-state index is 9.28. The molecule has 0 saturated carbocycles. The molecule has 1 saturated heterocycles. The fourth-order valence-corrected chi connectivity index (χ4v) is 2.17. The summed E-state index contributed by atoms with van der Waals surface area (Å²) in [6.45, 7) is 12.4. The van der Waals surface area contributed by atoms with Gasteiger partial charge in [-0.1, -0.05) is 13.8 Å². The van der Waals surface area contributed by atoms with Gasteiger partial charge in [0.1, 0.15) is 0 Å². The summed E-state index contributed by atoms with van der Waals surface area (Å²) < 4.78 is 0. The van der Waals surface area contributed by atoms with Gasteiger partial charge in [0.15, 0.2) is 0 Å². The van der Waals surface area contributed by atoms with Crippen LogP contribution in [0.4, 0.5) is 0 Å². The second-order valence-electron chi connectivity index (χ2n) is 6.24. The molecule has 17 heavy (non-hydrogen) atoms. The number of hydrogen-bond acceptors (Lipinski definition) is 4. The van der Waals surface area contributed by atoms with E-state index in [4.69, 9.17) is 0 Å². The van der Waals surface area contributed by atoms with Crippen molar-refractivity contribution in [2.75, 3.05) is 66.5 Å². The van der Waals surface area contributed by atoms with Crippen LogP contribution in [0.25, 0.3) is 0 Å². The van der Waals surface area contributed by atoms with Crippen LogP contribution in [0.5, 0.6) is 0 Å². The lowest BCUT2D eigenvalue weighted by molar-refractivity contribution is 0.0644. The van der Waals surface area contributed by atoms with Gasteiger partial charge < -0.3 is 14.9 Å². The third-order valence-corrected chi connectivity index (χ3v) is 3.41. The summed E-state index contributed by atoms with van der Waals surface area (Å²) in [4.78, 5) is 7.24. The van der Waals surface area contributed by atoms with E-state index in [-0.39, 0.29) is 12.0 Å². The van der Waals surface area contributed by atoms with Crippen molar-refractivity contribution >= 4 is 0 Å². The number of likely N-dealkylation sites (N-methyl/N-ethyl adjacent to an activating group) is 1.